The van der Waals surface area contributed by atoms with Gasteiger partial charge in [-0.25, -0.2) is 0 Å². The van der Waals surface area contributed by atoms with Crippen LogP contribution < -0.4 is 10.6 Å². The van der Waals surface area contributed by atoms with Gasteiger partial charge < -0.3 is 15.4 Å². The Kier molecular flexibility index (Phi) is 14.1. The van der Waals surface area contributed by atoms with Gasteiger partial charge >= 0.3 is 0 Å². The minimum absolute atomic E-state index is 0. The second kappa shape index (κ2) is 13.9. The molecule has 4 nitrogen and oxygen atoms in total. The predicted octanol–water partition coefficient (Wildman–Crippen LogP) is 3.26. The summed E-state index contributed by atoms with van der Waals surface area (Å²) in [5, 5.41) is 7.76. The van der Waals surface area contributed by atoms with Gasteiger partial charge in [0.1, 0.15) is 0 Å². The van der Waals surface area contributed by atoms with E-state index in [9.17, 15) is 0 Å². The van der Waals surface area contributed by atoms with Crippen molar-refractivity contribution in [3.8, 4) is 0 Å². The second-order valence-corrected chi connectivity index (χ2v) is 6.46. The zero-order chi connectivity index (χ0) is 14.6. The minimum Gasteiger partial charge on any atom is -0.385 e. The number of nitrogens with one attached hydrogen (secondary N) is 2. The Morgan fingerprint density at radius 1 is 1.29 bits per heavy atom. The average Bonchev–Trinajstić information content (AvgIpc) is 2.90. The Labute approximate surface area is 151 Å². The number of unbranched alkanes of at least 4 members (excludes halogenated alkanes) is 2. The Morgan fingerprint density at radius 3 is 2.71 bits per heavy atom. The van der Waals surface area contributed by atoms with Crippen LogP contribution in [0.1, 0.15) is 45.4 Å². The number of thioether (sulfide) groups is 1. The predicted molar refractivity (Wildman–Crippen MR) is 105 cm³/mol. The van der Waals surface area contributed by atoms with E-state index < -0.39 is 0 Å². The fourth-order valence-electron chi connectivity index (χ4n) is 2.52. The maximum atomic E-state index is 5.05. The molecule has 0 aromatic carbocycles. The number of methoxy groups -OCH3 is 1. The first kappa shape index (κ1) is 21.3. The molecule has 0 heterocycles. The number of hydrogen-bond acceptors (Lipinski definition) is 3. The first-order valence-electron chi connectivity index (χ1n) is 7.86. The zero-order valence-corrected chi connectivity index (χ0v) is 16.8. The second-order valence-electron chi connectivity index (χ2n) is 5.33. The lowest BCUT2D eigenvalue weighted by atomic mass is 10.2. The van der Waals surface area contributed by atoms with Crippen molar-refractivity contribution in [3.63, 3.8) is 0 Å². The van der Waals surface area contributed by atoms with E-state index in [0.29, 0.717) is 6.04 Å². The first-order valence-corrected chi connectivity index (χ1v) is 9.15. The van der Waals surface area contributed by atoms with Gasteiger partial charge in [0.2, 0.25) is 0 Å². The molecule has 0 aliphatic heterocycles. The summed E-state index contributed by atoms with van der Waals surface area (Å²) in [7, 11) is 1.76. The van der Waals surface area contributed by atoms with Gasteiger partial charge in [-0.15, -0.1) is 24.0 Å². The summed E-state index contributed by atoms with van der Waals surface area (Å²) in [6.07, 6.45) is 9.53. The van der Waals surface area contributed by atoms with Gasteiger partial charge in [-0.2, -0.15) is 11.8 Å². The molecule has 1 aliphatic rings. The van der Waals surface area contributed by atoms with E-state index in [1.54, 1.807) is 7.11 Å². The molecule has 0 aromatic heterocycles. The largest absolute Gasteiger partial charge is 0.385 e. The Balaban J connectivity index is 0.00000400. The van der Waals surface area contributed by atoms with Crippen molar-refractivity contribution in [1.82, 2.24) is 10.6 Å². The molecule has 1 saturated carbocycles. The lowest BCUT2D eigenvalue weighted by molar-refractivity contribution is 0.192. The highest BCUT2D eigenvalue weighted by atomic mass is 127. The molecule has 0 amide bonds. The molecule has 2 unspecified atom stereocenters. The SMILES string of the molecule is CCNC(=NCCCCCOC)NC1CCC(SC)C1.I. The molecule has 0 bridgehead atoms. The normalized spacial score (nSPS) is 22.0. The van der Waals surface area contributed by atoms with E-state index in [0.717, 1.165) is 43.7 Å². The van der Waals surface area contributed by atoms with Crippen molar-refractivity contribution >= 4 is 41.7 Å². The molecule has 0 aromatic rings. The molecule has 2 atom stereocenters. The summed E-state index contributed by atoms with van der Waals surface area (Å²) < 4.78 is 5.05. The summed E-state index contributed by atoms with van der Waals surface area (Å²) >= 11 is 1.99. The molecule has 0 radical (unpaired) electrons. The molecule has 6 heteroatoms. The van der Waals surface area contributed by atoms with Crippen molar-refractivity contribution in [3.05, 3.63) is 0 Å². The zero-order valence-electron chi connectivity index (χ0n) is 13.7. The van der Waals surface area contributed by atoms with Crippen LogP contribution in [0.15, 0.2) is 4.99 Å². The fourth-order valence-corrected chi connectivity index (χ4v) is 3.32. The van der Waals surface area contributed by atoms with E-state index in [4.69, 9.17) is 4.74 Å². The summed E-state index contributed by atoms with van der Waals surface area (Å²) in [4.78, 5) is 4.67. The number of aliphatic imine (C=N–C) groups is 1. The van der Waals surface area contributed by atoms with Gasteiger partial charge in [-0.1, -0.05) is 0 Å². The molecule has 2 N–H and O–H groups in total. The summed E-state index contributed by atoms with van der Waals surface area (Å²) in [5.41, 5.74) is 0. The van der Waals surface area contributed by atoms with E-state index in [1.807, 2.05) is 11.8 Å². The first-order chi connectivity index (χ1) is 9.80. The van der Waals surface area contributed by atoms with Crippen LogP contribution >= 0.6 is 35.7 Å². The smallest absolute Gasteiger partial charge is 0.191 e. The van der Waals surface area contributed by atoms with Crippen molar-refractivity contribution in [2.75, 3.05) is 33.1 Å². The van der Waals surface area contributed by atoms with Crippen LogP contribution in [0.3, 0.4) is 0 Å². The highest BCUT2D eigenvalue weighted by molar-refractivity contribution is 14.0. The van der Waals surface area contributed by atoms with Gasteiger partial charge in [0, 0.05) is 38.1 Å². The van der Waals surface area contributed by atoms with E-state index >= 15 is 0 Å². The van der Waals surface area contributed by atoms with Crippen LogP contribution in [0.2, 0.25) is 0 Å². The summed E-state index contributed by atoms with van der Waals surface area (Å²) in [6, 6.07) is 0.596. The minimum atomic E-state index is 0. The van der Waals surface area contributed by atoms with E-state index in [2.05, 4.69) is 28.8 Å². The molecule has 0 spiro atoms. The lowest BCUT2D eigenvalue weighted by Gasteiger charge is -2.17. The standard InChI is InChI=1S/C15H31N3OS.HI/c1-4-16-15(17-10-6-5-7-11-19-2)18-13-8-9-14(12-13)20-3;/h13-14H,4-12H2,1-3H3,(H2,16,17,18);1H. The number of halogens is 1. The van der Waals surface area contributed by atoms with Crippen LogP contribution in [0.4, 0.5) is 0 Å². The molecule has 1 rings (SSSR count). The third kappa shape index (κ3) is 9.84. The van der Waals surface area contributed by atoms with Crippen LogP contribution in [-0.2, 0) is 4.74 Å². The molecular weight excluding hydrogens is 397 g/mol. The highest BCUT2D eigenvalue weighted by Crippen LogP contribution is 2.27. The van der Waals surface area contributed by atoms with Crippen LogP contribution in [0.5, 0.6) is 0 Å². The fraction of sp³-hybridized carbons (Fsp3) is 0.933. The van der Waals surface area contributed by atoms with Crippen molar-refractivity contribution in [1.29, 1.82) is 0 Å². The van der Waals surface area contributed by atoms with Gasteiger partial charge in [-0.3, -0.25) is 4.99 Å². The van der Waals surface area contributed by atoms with Gasteiger partial charge in [0.25, 0.3) is 0 Å². The van der Waals surface area contributed by atoms with Gasteiger partial charge in [-0.05, 0) is 51.7 Å². The monoisotopic (exact) mass is 429 g/mol. The van der Waals surface area contributed by atoms with E-state index in [-0.39, 0.29) is 24.0 Å². The number of hydrogen-bond donors (Lipinski definition) is 2. The van der Waals surface area contributed by atoms with Crippen molar-refractivity contribution in [2.24, 2.45) is 4.99 Å². The maximum Gasteiger partial charge on any atom is 0.191 e. The van der Waals surface area contributed by atoms with E-state index in [1.165, 1.54) is 25.7 Å². The molecule has 21 heavy (non-hydrogen) atoms. The van der Waals surface area contributed by atoms with Gasteiger partial charge in [0.15, 0.2) is 5.96 Å². The molecule has 1 fully saturated rings. The maximum absolute atomic E-state index is 5.05. The molecule has 126 valence electrons. The Bertz CT molecular complexity index is 280. The van der Waals surface area contributed by atoms with Crippen molar-refractivity contribution in [2.45, 2.75) is 56.7 Å². The molecular formula is C15H32IN3OS. The number of ether oxygens (including phenoxy) is 1. The number of rotatable bonds is 9. The van der Waals surface area contributed by atoms with Gasteiger partial charge in [0.05, 0.1) is 0 Å². The van der Waals surface area contributed by atoms with Crippen LogP contribution in [0.25, 0.3) is 0 Å². The average molecular weight is 429 g/mol. The molecule has 1 aliphatic carbocycles. The van der Waals surface area contributed by atoms with Crippen LogP contribution in [-0.4, -0.2) is 50.3 Å². The summed E-state index contributed by atoms with van der Waals surface area (Å²) in [6.45, 7) is 4.81. The Morgan fingerprint density at radius 2 is 2.10 bits per heavy atom. The topological polar surface area (TPSA) is 45.7 Å². The number of guanidine groups is 1. The lowest BCUT2D eigenvalue weighted by Crippen LogP contribution is -2.42. The van der Waals surface area contributed by atoms with Crippen LogP contribution in [0, 0.1) is 0 Å². The van der Waals surface area contributed by atoms with Crippen molar-refractivity contribution < 1.29 is 4.74 Å². The number of nitrogens with zero attached hydrogens (tertiary/aromatic N) is 1. The Hall–Kier alpha value is 0.310. The third-order valence-corrected chi connectivity index (χ3v) is 4.77. The molecule has 0 saturated heterocycles. The highest BCUT2D eigenvalue weighted by Gasteiger charge is 2.24. The summed E-state index contributed by atoms with van der Waals surface area (Å²) in [5.74, 6) is 0.992. The quantitative estimate of drug-likeness (QED) is 0.256. The third-order valence-electron chi connectivity index (χ3n) is 3.68.